The van der Waals surface area contributed by atoms with E-state index < -0.39 is 11.7 Å². The quantitative estimate of drug-likeness (QED) is 0.616. The number of nitriles is 1. The van der Waals surface area contributed by atoms with Crippen molar-refractivity contribution in [3.05, 3.63) is 36.0 Å². The molecule has 1 saturated heterocycles. The molecule has 0 aliphatic carbocycles. The summed E-state index contributed by atoms with van der Waals surface area (Å²) in [5.41, 5.74) is 1.24. The van der Waals surface area contributed by atoms with E-state index in [0.29, 0.717) is 12.3 Å². The molecule has 0 aromatic carbocycles. The number of piperidine rings is 1. The van der Waals surface area contributed by atoms with Crippen LogP contribution in [0, 0.1) is 17.2 Å². The molecule has 24 heavy (non-hydrogen) atoms. The highest BCUT2D eigenvalue weighted by Crippen LogP contribution is 2.33. The van der Waals surface area contributed by atoms with Crippen LogP contribution in [0.15, 0.2) is 36.0 Å². The molecule has 1 aliphatic rings. The first kappa shape index (κ1) is 20.6. The maximum atomic E-state index is 14.6. The number of alkyl halides is 1. The average molecular weight is 334 g/mol. The zero-order valence-electron chi connectivity index (χ0n) is 15.5. The Balaban J connectivity index is 2.79. The van der Waals surface area contributed by atoms with Gasteiger partial charge >= 0.3 is 0 Å². The Morgan fingerprint density at radius 3 is 2.58 bits per heavy atom. The molecule has 3 nitrogen and oxygen atoms in total. The minimum absolute atomic E-state index is 0.0383. The maximum absolute atomic E-state index is 14.6. The van der Waals surface area contributed by atoms with Crippen LogP contribution in [0.3, 0.4) is 0 Å². The van der Waals surface area contributed by atoms with Crippen molar-refractivity contribution < 1.29 is 9.13 Å². The minimum Gasteiger partial charge on any atom is -0.382 e. The predicted octanol–water partition coefficient (Wildman–Crippen LogP) is 4.43. The Morgan fingerprint density at radius 2 is 2.12 bits per heavy atom. The summed E-state index contributed by atoms with van der Waals surface area (Å²) in [6.07, 6.45) is 7.15. The standard InChI is InChI=1S/C20H31FN2O/c1-6-8-16(3)13-17(4)18-9-11-23(12-10-18)20(7-2,15-22)19(21)14-24-5/h6,8,13,18-19H,3,7,9-12,14H2,1-2,4-5H3/b8-6-,17-13+. The summed E-state index contributed by atoms with van der Waals surface area (Å²) in [7, 11) is 1.47. The normalized spacial score (nSPS) is 21.4. The molecule has 0 aromatic heterocycles. The van der Waals surface area contributed by atoms with Crippen molar-refractivity contribution in [1.29, 1.82) is 5.26 Å². The van der Waals surface area contributed by atoms with Gasteiger partial charge in [0.2, 0.25) is 0 Å². The SMILES string of the molecule is C=C(/C=C\C)/C=C(\C)C1CCN(C(C#N)(CC)C(F)COC)CC1. The van der Waals surface area contributed by atoms with Gasteiger partial charge in [-0.2, -0.15) is 5.26 Å². The number of hydrogen-bond acceptors (Lipinski definition) is 3. The zero-order chi connectivity index (χ0) is 18.2. The van der Waals surface area contributed by atoms with Crippen molar-refractivity contribution >= 4 is 0 Å². The summed E-state index contributed by atoms with van der Waals surface area (Å²) in [6, 6.07) is 2.25. The molecule has 0 spiro atoms. The van der Waals surface area contributed by atoms with Crippen LogP contribution >= 0.6 is 0 Å². The molecular weight excluding hydrogens is 303 g/mol. The number of methoxy groups -OCH3 is 1. The van der Waals surface area contributed by atoms with Crippen LogP contribution in [0.1, 0.15) is 40.0 Å². The molecule has 0 N–H and O–H groups in total. The van der Waals surface area contributed by atoms with Gasteiger partial charge in [-0.15, -0.1) is 0 Å². The second-order valence-corrected chi connectivity index (χ2v) is 6.54. The van der Waals surface area contributed by atoms with Gasteiger partial charge in [0.25, 0.3) is 0 Å². The summed E-state index contributed by atoms with van der Waals surface area (Å²) in [5, 5.41) is 9.66. The highest BCUT2D eigenvalue weighted by Gasteiger charge is 2.45. The van der Waals surface area contributed by atoms with E-state index in [9.17, 15) is 9.65 Å². The number of ether oxygens (including phenoxy) is 1. The molecule has 0 bridgehead atoms. The molecule has 0 radical (unpaired) electrons. The minimum atomic E-state index is -1.29. The van der Waals surface area contributed by atoms with Crippen molar-refractivity contribution in [1.82, 2.24) is 4.90 Å². The van der Waals surface area contributed by atoms with Gasteiger partial charge in [0.05, 0.1) is 12.7 Å². The molecule has 1 fully saturated rings. The average Bonchev–Trinajstić information content (AvgIpc) is 2.57. The third kappa shape index (κ3) is 4.78. The molecule has 0 saturated carbocycles. The molecule has 4 heteroatoms. The van der Waals surface area contributed by atoms with Crippen LogP contribution < -0.4 is 0 Å². The Hall–Kier alpha value is -1.44. The van der Waals surface area contributed by atoms with E-state index in [2.05, 4.69) is 25.6 Å². The van der Waals surface area contributed by atoms with Crippen LogP contribution in [0.2, 0.25) is 0 Å². The monoisotopic (exact) mass is 334 g/mol. The van der Waals surface area contributed by atoms with Crippen molar-refractivity contribution in [2.45, 2.75) is 51.7 Å². The predicted molar refractivity (Wildman–Crippen MR) is 97.4 cm³/mol. The Labute approximate surface area is 146 Å². The van der Waals surface area contributed by atoms with Crippen LogP contribution in [-0.2, 0) is 4.74 Å². The van der Waals surface area contributed by atoms with Gasteiger partial charge in [-0.1, -0.05) is 37.3 Å². The number of halogens is 1. The third-order valence-electron chi connectivity index (χ3n) is 5.06. The van der Waals surface area contributed by atoms with Gasteiger partial charge in [-0.25, -0.2) is 4.39 Å². The number of allylic oxidation sites excluding steroid dienone is 5. The molecular formula is C20H31FN2O. The highest BCUT2D eigenvalue weighted by molar-refractivity contribution is 5.30. The fourth-order valence-corrected chi connectivity index (χ4v) is 3.55. The third-order valence-corrected chi connectivity index (χ3v) is 5.06. The molecule has 134 valence electrons. The van der Waals surface area contributed by atoms with Crippen LogP contribution in [-0.4, -0.2) is 43.4 Å². The molecule has 1 aliphatic heterocycles. The zero-order valence-corrected chi connectivity index (χ0v) is 15.5. The van der Waals surface area contributed by atoms with Gasteiger partial charge < -0.3 is 4.74 Å². The van der Waals surface area contributed by atoms with Crippen molar-refractivity contribution in [2.75, 3.05) is 26.8 Å². The molecule has 1 heterocycles. The first-order valence-electron chi connectivity index (χ1n) is 8.74. The van der Waals surface area contributed by atoms with Crippen LogP contribution in [0.5, 0.6) is 0 Å². The van der Waals surface area contributed by atoms with E-state index in [4.69, 9.17) is 4.74 Å². The number of nitrogens with zero attached hydrogens (tertiary/aromatic N) is 2. The molecule has 1 rings (SSSR count). The van der Waals surface area contributed by atoms with Gasteiger partial charge in [0.1, 0.15) is 5.54 Å². The molecule has 2 unspecified atom stereocenters. The second-order valence-electron chi connectivity index (χ2n) is 6.54. The Kier molecular flexibility index (Phi) is 8.38. The lowest BCUT2D eigenvalue weighted by Crippen LogP contribution is -2.57. The second kappa shape index (κ2) is 9.76. The fourth-order valence-electron chi connectivity index (χ4n) is 3.55. The van der Waals surface area contributed by atoms with E-state index in [1.54, 1.807) is 0 Å². The molecule has 0 amide bonds. The van der Waals surface area contributed by atoms with Crippen molar-refractivity contribution in [2.24, 2.45) is 5.92 Å². The van der Waals surface area contributed by atoms with Gasteiger partial charge in [0.15, 0.2) is 6.17 Å². The first-order chi connectivity index (χ1) is 11.4. The van der Waals surface area contributed by atoms with Crippen LogP contribution in [0.25, 0.3) is 0 Å². The van der Waals surface area contributed by atoms with E-state index in [-0.39, 0.29) is 6.61 Å². The number of hydrogen-bond donors (Lipinski definition) is 0. The summed E-state index contributed by atoms with van der Waals surface area (Å²) < 4.78 is 19.6. The summed E-state index contributed by atoms with van der Waals surface area (Å²) in [5.74, 6) is 0.469. The van der Waals surface area contributed by atoms with E-state index >= 15 is 0 Å². The summed E-state index contributed by atoms with van der Waals surface area (Å²) in [6.45, 7) is 11.4. The molecule has 2 atom stereocenters. The largest absolute Gasteiger partial charge is 0.382 e. The van der Waals surface area contributed by atoms with Gasteiger partial charge in [-0.05, 0) is 44.6 Å². The van der Waals surface area contributed by atoms with Crippen LogP contribution in [0.4, 0.5) is 4.39 Å². The van der Waals surface area contributed by atoms with E-state index in [0.717, 1.165) is 31.5 Å². The van der Waals surface area contributed by atoms with Crippen molar-refractivity contribution in [3.63, 3.8) is 0 Å². The van der Waals surface area contributed by atoms with Gasteiger partial charge in [-0.3, -0.25) is 4.90 Å². The van der Waals surface area contributed by atoms with Crippen molar-refractivity contribution in [3.8, 4) is 6.07 Å². The van der Waals surface area contributed by atoms with Gasteiger partial charge in [0, 0.05) is 20.2 Å². The molecule has 0 aromatic rings. The lowest BCUT2D eigenvalue weighted by Gasteiger charge is -2.44. The highest BCUT2D eigenvalue weighted by atomic mass is 19.1. The fraction of sp³-hybridized carbons (Fsp3) is 0.650. The summed E-state index contributed by atoms with van der Waals surface area (Å²) >= 11 is 0. The lowest BCUT2D eigenvalue weighted by molar-refractivity contribution is -0.00680. The number of likely N-dealkylation sites (tertiary alicyclic amines) is 1. The summed E-state index contributed by atoms with van der Waals surface area (Å²) in [4.78, 5) is 2.02. The Bertz CT molecular complexity index is 512. The lowest BCUT2D eigenvalue weighted by atomic mass is 9.83. The Morgan fingerprint density at radius 1 is 1.50 bits per heavy atom. The van der Waals surface area contributed by atoms with E-state index in [1.807, 2.05) is 30.9 Å². The smallest absolute Gasteiger partial charge is 0.155 e. The first-order valence-corrected chi connectivity index (χ1v) is 8.74. The van der Waals surface area contributed by atoms with E-state index in [1.165, 1.54) is 12.7 Å². The number of rotatable bonds is 8. The maximum Gasteiger partial charge on any atom is 0.155 e. The topological polar surface area (TPSA) is 36.3 Å².